The van der Waals surface area contributed by atoms with Crippen LogP contribution in [0.2, 0.25) is 0 Å². The SMILES string of the molecule is CCn1c(-c2cc([C@]34CCN(C)C[C@H]3C4)cnc2[C@H](C)OC)c2c3cc(ccc31)-c1csc(n1)C[C@H](NC(=O)C1[C@@H](C)[C@H]1C)C(=O)N1N[C@H](C(=O)OCC(C)(C)C2)C2CC1C2. The number of nitrogens with zero attached hydrogens (tertiary/aromatic N) is 5. The number of thiazole rings is 1. The van der Waals surface area contributed by atoms with Gasteiger partial charge in [-0.1, -0.05) is 33.8 Å². The molecule has 3 aliphatic carbocycles. The maximum absolute atomic E-state index is 14.5. The number of ether oxygens (including phenoxy) is 2. The van der Waals surface area contributed by atoms with Gasteiger partial charge in [0.25, 0.3) is 5.91 Å². The van der Waals surface area contributed by atoms with Crippen LogP contribution in [0.5, 0.6) is 0 Å². The Morgan fingerprint density at radius 2 is 1.95 bits per heavy atom. The topological polar surface area (TPSA) is 131 Å². The highest BCUT2D eigenvalue weighted by Gasteiger charge is 2.57. The number of rotatable bonds is 7. The third-order valence-electron chi connectivity index (χ3n) is 15.7. The van der Waals surface area contributed by atoms with Crippen LogP contribution in [-0.2, 0) is 48.7 Å². The molecule has 0 spiro atoms. The van der Waals surface area contributed by atoms with Gasteiger partial charge >= 0.3 is 5.97 Å². The first-order chi connectivity index (χ1) is 29.2. The number of cyclic esters (lactones) is 1. The highest BCUT2D eigenvalue weighted by atomic mass is 32.1. The van der Waals surface area contributed by atoms with E-state index in [1.807, 2.05) is 0 Å². The van der Waals surface area contributed by atoms with Crippen molar-refractivity contribution in [3.63, 3.8) is 0 Å². The first kappa shape index (κ1) is 40.9. The normalized spacial score (nSPS) is 32.4. The second kappa shape index (κ2) is 15.0. The summed E-state index contributed by atoms with van der Waals surface area (Å²) in [4.78, 5) is 55.0. The minimum atomic E-state index is -0.825. The number of hydrogen-bond acceptors (Lipinski definition) is 10. The molecule has 7 aliphatic rings. The quantitative estimate of drug-likeness (QED) is 0.195. The number of hydrazine groups is 1. The fraction of sp³-hybridized carbons (Fsp3) is 0.604. The Morgan fingerprint density at radius 3 is 2.67 bits per heavy atom. The molecule has 8 atom stereocenters. The number of aromatic nitrogens is 3. The van der Waals surface area contributed by atoms with Crippen LogP contribution < -0.4 is 10.7 Å². The number of aryl methyl sites for hydroxylation is 1. The lowest BCUT2D eigenvalue weighted by Crippen LogP contribution is -2.71. The third kappa shape index (κ3) is 6.93. The van der Waals surface area contributed by atoms with E-state index in [-0.39, 0.29) is 72.0 Å². The van der Waals surface area contributed by atoms with Gasteiger partial charge in [-0.25, -0.2) is 10.4 Å². The highest BCUT2D eigenvalue weighted by Crippen LogP contribution is 2.59. The molecule has 1 unspecified atom stereocenters. The van der Waals surface area contributed by atoms with Crippen LogP contribution in [0.15, 0.2) is 35.8 Å². The third-order valence-corrected chi connectivity index (χ3v) is 16.5. The molecule has 1 aromatic carbocycles. The lowest BCUT2D eigenvalue weighted by Gasteiger charge is -2.53. The van der Waals surface area contributed by atoms with Gasteiger partial charge in [0.1, 0.15) is 12.1 Å². The standard InChI is InChI=1S/C48H61N7O5S/c1-9-54-38-11-10-28-16-33(38)35(43(54)34-17-30(21-49-41(34)27(4)59-8)48-12-13-53(7)22-31(48)19-48)20-47(5,6)24-60-46(58)42-29-14-32(15-29)55(52-42)45(57)36(18-39-50-37(28)23-61-39)51-44(56)40-25(2)26(40)3/h10-11,16-17,21,23,25-27,29,31-32,36,40,42,52H,9,12-15,18-20,22,24H2,1-8H3,(H,51,56)/t25-,26+,27-,29?,31+,32?,36-,40?,42-,48+/m0/s1. The lowest BCUT2D eigenvalue weighted by molar-refractivity contribution is -0.171. The van der Waals surface area contributed by atoms with Crippen LogP contribution in [0.3, 0.4) is 0 Å². The maximum atomic E-state index is 14.5. The molecule has 0 radical (unpaired) electrons. The van der Waals surface area contributed by atoms with Gasteiger partial charge in [-0.15, -0.1) is 11.3 Å². The van der Waals surface area contributed by atoms with Crippen molar-refractivity contribution in [2.75, 3.05) is 33.9 Å². The fourth-order valence-corrected chi connectivity index (χ4v) is 12.2. The van der Waals surface area contributed by atoms with Crippen LogP contribution in [0.1, 0.15) is 95.2 Å². The van der Waals surface area contributed by atoms with Gasteiger partial charge in [-0.2, -0.15) is 0 Å². The zero-order valence-corrected chi connectivity index (χ0v) is 37.7. The second-order valence-electron chi connectivity index (χ2n) is 20.2. The number of amides is 2. The van der Waals surface area contributed by atoms with Crippen LogP contribution in [0.4, 0.5) is 0 Å². The minimum Gasteiger partial charge on any atom is -0.464 e. The molecule has 11 rings (SSSR count). The summed E-state index contributed by atoms with van der Waals surface area (Å²) in [5.74, 6) is 0.467. The number of methoxy groups -OCH3 is 1. The molecule has 3 aromatic heterocycles. The van der Waals surface area contributed by atoms with E-state index in [4.69, 9.17) is 19.4 Å². The first-order valence-electron chi connectivity index (χ1n) is 22.6. The summed E-state index contributed by atoms with van der Waals surface area (Å²) in [7, 11) is 3.98. The number of hydrogen-bond donors (Lipinski definition) is 2. The highest BCUT2D eigenvalue weighted by molar-refractivity contribution is 7.10. The molecule has 324 valence electrons. The van der Waals surface area contributed by atoms with Crippen molar-refractivity contribution in [1.29, 1.82) is 0 Å². The Labute approximate surface area is 363 Å². The molecule has 12 nitrogen and oxygen atoms in total. The van der Waals surface area contributed by atoms with Gasteiger partial charge in [-0.3, -0.25) is 24.4 Å². The summed E-state index contributed by atoms with van der Waals surface area (Å²) in [5.41, 5.74) is 11.6. The molecular formula is C48H61N7O5S. The molecule has 13 heteroatoms. The van der Waals surface area contributed by atoms with Gasteiger partial charge in [0.15, 0.2) is 0 Å². The number of pyridine rings is 1. The van der Waals surface area contributed by atoms with E-state index < -0.39 is 17.5 Å². The summed E-state index contributed by atoms with van der Waals surface area (Å²) in [6.45, 7) is 15.9. The second-order valence-corrected chi connectivity index (χ2v) is 21.1. The van der Waals surface area contributed by atoms with Crippen LogP contribution >= 0.6 is 11.3 Å². The van der Waals surface area contributed by atoms with E-state index in [1.165, 1.54) is 28.9 Å². The van der Waals surface area contributed by atoms with Gasteiger partial charge < -0.3 is 24.3 Å². The number of benzene rings is 1. The van der Waals surface area contributed by atoms with E-state index in [0.29, 0.717) is 12.3 Å². The molecule has 8 bridgehead atoms. The number of nitrogens with one attached hydrogen (secondary N) is 2. The Morgan fingerprint density at radius 1 is 1.16 bits per heavy atom. The van der Waals surface area contributed by atoms with Crippen molar-refractivity contribution < 1.29 is 23.9 Å². The number of likely N-dealkylation sites (tertiary alicyclic amines) is 1. The molecule has 4 aliphatic heterocycles. The minimum absolute atomic E-state index is 0.0386. The summed E-state index contributed by atoms with van der Waals surface area (Å²) in [6, 6.07) is 7.55. The van der Waals surface area contributed by atoms with Gasteiger partial charge in [0, 0.05) is 83.0 Å². The average Bonchev–Trinajstić information content (AvgIpc) is 3.98. The van der Waals surface area contributed by atoms with Gasteiger partial charge in [-0.05, 0) is 113 Å². The predicted molar refractivity (Wildman–Crippen MR) is 235 cm³/mol. The van der Waals surface area contributed by atoms with Crippen molar-refractivity contribution in [2.45, 2.75) is 116 Å². The monoisotopic (exact) mass is 847 g/mol. The summed E-state index contributed by atoms with van der Waals surface area (Å²) in [6.07, 6.45) is 6.54. The number of piperidine rings is 1. The van der Waals surface area contributed by atoms with Crippen molar-refractivity contribution >= 4 is 40.0 Å². The molecule has 2 amide bonds. The number of esters is 1. The first-order valence-corrected chi connectivity index (χ1v) is 23.5. The van der Waals surface area contributed by atoms with Crippen molar-refractivity contribution in [3.8, 4) is 22.5 Å². The maximum Gasteiger partial charge on any atom is 0.325 e. The fourth-order valence-electron chi connectivity index (χ4n) is 11.4. The zero-order valence-electron chi connectivity index (χ0n) is 36.9. The average molecular weight is 848 g/mol. The van der Waals surface area contributed by atoms with Crippen molar-refractivity contribution in [2.24, 2.45) is 35.0 Å². The zero-order chi connectivity index (χ0) is 42.7. The molecule has 2 N–H and O–H groups in total. The molecule has 7 heterocycles. The Bertz CT molecular complexity index is 2410. The molecule has 4 aromatic rings. The largest absolute Gasteiger partial charge is 0.464 e. The molecule has 3 saturated carbocycles. The Kier molecular flexibility index (Phi) is 10.0. The van der Waals surface area contributed by atoms with Gasteiger partial charge in [0.2, 0.25) is 5.91 Å². The summed E-state index contributed by atoms with van der Waals surface area (Å²) < 4.78 is 14.7. The van der Waals surface area contributed by atoms with E-state index >= 15 is 0 Å². The molecule has 61 heavy (non-hydrogen) atoms. The Hall–Kier alpha value is -4.17. The van der Waals surface area contributed by atoms with Crippen molar-refractivity contribution in [1.82, 2.24) is 35.2 Å². The van der Waals surface area contributed by atoms with E-state index in [0.717, 1.165) is 83.0 Å². The molecule has 6 fully saturated rings. The number of carbonyl (C=O) groups is 3. The van der Waals surface area contributed by atoms with Crippen LogP contribution in [0.25, 0.3) is 33.4 Å². The molecule has 3 saturated heterocycles. The van der Waals surface area contributed by atoms with Crippen molar-refractivity contribution in [3.05, 3.63) is 57.7 Å². The smallest absolute Gasteiger partial charge is 0.325 e. The lowest BCUT2D eigenvalue weighted by atomic mass is 9.73. The van der Waals surface area contributed by atoms with E-state index in [9.17, 15) is 14.4 Å². The van der Waals surface area contributed by atoms with E-state index in [1.54, 1.807) is 12.1 Å². The Balaban J connectivity index is 1.10. The predicted octanol–water partition coefficient (Wildman–Crippen LogP) is 6.70. The number of carbonyl (C=O) groups excluding carboxylic acids is 3. The van der Waals surface area contributed by atoms with Crippen LogP contribution in [0, 0.1) is 35.0 Å². The summed E-state index contributed by atoms with van der Waals surface area (Å²) in [5, 5.41) is 8.72. The summed E-state index contributed by atoms with van der Waals surface area (Å²) >= 11 is 1.51. The van der Waals surface area contributed by atoms with Gasteiger partial charge in [0.05, 0.1) is 34.8 Å². The van der Waals surface area contributed by atoms with Crippen LogP contribution in [-0.4, -0.2) is 94.2 Å². The number of fused-ring (bicyclic) bond motifs is 5. The molecular weight excluding hydrogens is 787 g/mol. The van der Waals surface area contributed by atoms with E-state index in [2.05, 4.69) is 105 Å².